The van der Waals surface area contributed by atoms with Gasteiger partial charge in [0, 0.05) is 5.02 Å². The van der Waals surface area contributed by atoms with Gasteiger partial charge in [-0.1, -0.05) is 31.9 Å². The lowest BCUT2D eigenvalue weighted by atomic mass is 10.0. The Kier molecular flexibility index (Phi) is 6.00. The summed E-state index contributed by atoms with van der Waals surface area (Å²) in [5.74, 6) is -1.49. The van der Waals surface area contributed by atoms with Gasteiger partial charge in [0.15, 0.2) is 0 Å². The van der Waals surface area contributed by atoms with Crippen molar-refractivity contribution in [2.24, 2.45) is 5.92 Å². The highest BCUT2D eigenvalue weighted by molar-refractivity contribution is 7.89. The summed E-state index contributed by atoms with van der Waals surface area (Å²) in [6.07, 6.45) is 0.520. The van der Waals surface area contributed by atoms with Crippen molar-refractivity contribution >= 4 is 27.6 Å². The monoisotopic (exact) mass is 335 g/mol. The number of carboxylic acids is 1. The van der Waals surface area contributed by atoms with Gasteiger partial charge < -0.3 is 9.84 Å². The Morgan fingerprint density at radius 2 is 2.10 bits per heavy atom. The Labute approximate surface area is 129 Å². The largest absolute Gasteiger partial charge is 0.495 e. The van der Waals surface area contributed by atoms with E-state index in [1.807, 2.05) is 0 Å². The van der Waals surface area contributed by atoms with Gasteiger partial charge in [0.1, 0.15) is 16.7 Å². The maximum atomic E-state index is 12.4. The van der Waals surface area contributed by atoms with Crippen LogP contribution in [-0.2, 0) is 14.8 Å². The lowest BCUT2D eigenvalue weighted by Crippen LogP contribution is -2.44. The Morgan fingerprint density at radius 1 is 1.48 bits per heavy atom. The fourth-order valence-corrected chi connectivity index (χ4v) is 3.47. The third-order valence-electron chi connectivity index (χ3n) is 3.18. The second-order valence-electron chi connectivity index (χ2n) is 4.62. The third kappa shape index (κ3) is 4.33. The van der Waals surface area contributed by atoms with Crippen LogP contribution < -0.4 is 9.46 Å². The molecule has 0 aliphatic carbocycles. The molecular formula is C13H18ClNO5S. The fraction of sp³-hybridized carbons (Fsp3) is 0.462. The molecule has 0 amide bonds. The smallest absolute Gasteiger partial charge is 0.322 e. The number of carbonyl (C=O) groups is 1. The predicted molar refractivity (Wildman–Crippen MR) is 79.2 cm³/mol. The van der Waals surface area contributed by atoms with Crippen molar-refractivity contribution in [1.82, 2.24) is 4.72 Å². The number of rotatable bonds is 7. The average Bonchev–Trinajstić information content (AvgIpc) is 2.43. The van der Waals surface area contributed by atoms with E-state index in [4.69, 9.17) is 16.3 Å². The second-order valence-corrected chi connectivity index (χ2v) is 6.74. The van der Waals surface area contributed by atoms with Crippen LogP contribution in [-0.4, -0.2) is 32.6 Å². The van der Waals surface area contributed by atoms with Gasteiger partial charge in [0.05, 0.1) is 7.11 Å². The summed E-state index contributed by atoms with van der Waals surface area (Å²) >= 11 is 5.80. The summed E-state index contributed by atoms with van der Waals surface area (Å²) in [6, 6.07) is 2.90. The highest BCUT2D eigenvalue weighted by atomic mass is 35.5. The van der Waals surface area contributed by atoms with E-state index < -0.39 is 22.0 Å². The van der Waals surface area contributed by atoms with Crippen molar-refractivity contribution in [3.63, 3.8) is 0 Å². The standard InChI is InChI=1S/C13H18ClNO5S/c1-4-8(2)12(13(16)17)15-21(18,19)11-7-9(14)5-6-10(11)20-3/h5-8,12,15H,4H2,1-3H3,(H,16,17)/t8-,12-/m0/s1. The molecule has 0 fully saturated rings. The molecule has 2 atom stereocenters. The molecule has 0 aliphatic heterocycles. The molecule has 0 aliphatic rings. The van der Waals surface area contributed by atoms with Crippen molar-refractivity contribution in [3.05, 3.63) is 23.2 Å². The number of halogens is 1. The molecular weight excluding hydrogens is 318 g/mol. The summed E-state index contributed by atoms with van der Waals surface area (Å²) in [6.45, 7) is 3.45. The van der Waals surface area contributed by atoms with Crippen LogP contribution >= 0.6 is 11.6 Å². The van der Waals surface area contributed by atoms with E-state index in [9.17, 15) is 18.3 Å². The number of carboxylic acid groups (broad SMARTS) is 1. The second kappa shape index (κ2) is 7.11. The van der Waals surface area contributed by atoms with E-state index >= 15 is 0 Å². The third-order valence-corrected chi connectivity index (χ3v) is 4.87. The van der Waals surface area contributed by atoms with Crippen LogP contribution in [0.25, 0.3) is 0 Å². The van der Waals surface area contributed by atoms with Gasteiger partial charge in [0.25, 0.3) is 0 Å². The molecule has 8 heteroatoms. The number of methoxy groups -OCH3 is 1. The normalized spacial score (nSPS) is 14.5. The minimum atomic E-state index is -4.07. The van der Waals surface area contributed by atoms with Gasteiger partial charge in [-0.2, -0.15) is 4.72 Å². The fourth-order valence-electron chi connectivity index (χ4n) is 1.74. The average molecular weight is 336 g/mol. The van der Waals surface area contributed by atoms with E-state index in [0.717, 1.165) is 0 Å². The first-order valence-electron chi connectivity index (χ1n) is 6.31. The number of aliphatic carboxylic acids is 1. The van der Waals surface area contributed by atoms with E-state index in [2.05, 4.69) is 4.72 Å². The summed E-state index contributed by atoms with van der Waals surface area (Å²) in [5.41, 5.74) is 0. The zero-order chi connectivity index (χ0) is 16.2. The minimum Gasteiger partial charge on any atom is -0.495 e. The quantitative estimate of drug-likeness (QED) is 0.796. The SMILES string of the molecule is CC[C@H](C)[C@H](NS(=O)(=O)c1cc(Cl)ccc1OC)C(=O)O. The zero-order valence-electron chi connectivity index (χ0n) is 12.0. The first-order chi connectivity index (χ1) is 9.72. The molecule has 0 heterocycles. The van der Waals surface area contributed by atoms with E-state index in [0.29, 0.717) is 6.42 Å². The number of benzene rings is 1. The molecule has 0 unspecified atom stereocenters. The van der Waals surface area contributed by atoms with Crippen LogP contribution in [0.2, 0.25) is 5.02 Å². The molecule has 2 N–H and O–H groups in total. The van der Waals surface area contributed by atoms with Crippen molar-refractivity contribution in [3.8, 4) is 5.75 Å². The Balaban J connectivity index is 3.22. The van der Waals surface area contributed by atoms with Crippen molar-refractivity contribution < 1.29 is 23.1 Å². The number of hydrogen-bond acceptors (Lipinski definition) is 4. The molecule has 0 aromatic heterocycles. The lowest BCUT2D eigenvalue weighted by molar-refractivity contribution is -0.140. The lowest BCUT2D eigenvalue weighted by Gasteiger charge is -2.20. The molecule has 1 aromatic carbocycles. The molecule has 1 rings (SSSR count). The number of nitrogens with one attached hydrogen (secondary N) is 1. The number of sulfonamides is 1. The Morgan fingerprint density at radius 3 is 2.57 bits per heavy atom. The molecule has 21 heavy (non-hydrogen) atoms. The van der Waals surface area contributed by atoms with Crippen molar-refractivity contribution in [1.29, 1.82) is 0 Å². The maximum absolute atomic E-state index is 12.4. The Hall–Kier alpha value is -1.31. The van der Waals surface area contributed by atoms with E-state index in [1.165, 1.54) is 25.3 Å². The van der Waals surface area contributed by atoms with Crippen LogP contribution in [0.5, 0.6) is 5.75 Å². The van der Waals surface area contributed by atoms with Crippen molar-refractivity contribution in [2.45, 2.75) is 31.2 Å². The van der Waals surface area contributed by atoms with Gasteiger partial charge >= 0.3 is 5.97 Å². The van der Waals surface area contributed by atoms with Gasteiger partial charge in [-0.15, -0.1) is 0 Å². The van der Waals surface area contributed by atoms with E-state index in [1.54, 1.807) is 13.8 Å². The summed E-state index contributed by atoms with van der Waals surface area (Å²) in [7, 11) is -2.74. The molecule has 0 saturated heterocycles. The molecule has 118 valence electrons. The van der Waals surface area contributed by atoms with Gasteiger partial charge in [-0.25, -0.2) is 8.42 Å². The molecule has 0 spiro atoms. The van der Waals surface area contributed by atoms with Gasteiger partial charge in [-0.3, -0.25) is 4.79 Å². The van der Waals surface area contributed by atoms with Gasteiger partial charge in [0.2, 0.25) is 10.0 Å². The highest BCUT2D eigenvalue weighted by Crippen LogP contribution is 2.27. The van der Waals surface area contributed by atoms with Gasteiger partial charge in [-0.05, 0) is 24.1 Å². The molecule has 6 nitrogen and oxygen atoms in total. The Bertz CT molecular complexity index is 617. The molecule has 0 saturated carbocycles. The number of hydrogen-bond donors (Lipinski definition) is 2. The summed E-state index contributed by atoms with van der Waals surface area (Å²) in [5, 5.41) is 9.40. The zero-order valence-corrected chi connectivity index (χ0v) is 13.5. The predicted octanol–water partition coefficient (Wildman–Crippen LogP) is 2.13. The topological polar surface area (TPSA) is 92.7 Å². The van der Waals surface area contributed by atoms with Crippen LogP contribution in [0.3, 0.4) is 0 Å². The number of ether oxygens (including phenoxy) is 1. The van der Waals surface area contributed by atoms with Crippen LogP contribution in [0, 0.1) is 5.92 Å². The summed E-state index contributed by atoms with van der Waals surface area (Å²) < 4.78 is 32.0. The minimum absolute atomic E-state index is 0.0974. The van der Waals surface area contributed by atoms with Crippen LogP contribution in [0.15, 0.2) is 23.1 Å². The van der Waals surface area contributed by atoms with Crippen LogP contribution in [0.4, 0.5) is 0 Å². The molecule has 0 radical (unpaired) electrons. The summed E-state index contributed by atoms with van der Waals surface area (Å²) in [4.78, 5) is 11.1. The maximum Gasteiger partial charge on any atom is 0.322 e. The van der Waals surface area contributed by atoms with Crippen molar-refractivity contribution in [2.75, 3.05) is 7.11 Å². The molecule has 1 aromatic rings. The van der Waals surface area contributed by atoms with Crippen LogP contribution in [0.1, 0.15) is 20.3 Å². The molecule has 0 bridgehead atoms. The highest BCUT2D eigenvalue weighted by Gasteiger charge is 2.31. The first kappa shape index (κ1) is 17.7. The first-order valence-corrected chi connectivity index (χ1v) is 8.17. The van der Waals surface area contributed by atoms with E-state index in [-0.39, 0.29) is 21.6 Å².